The summed E-state index contributed by atoms with van der Waals surface area (Å²) >= 11 is 5.95. The number of phenolic OH excluding ortho intramolecular Hbond substituents is 1. The smallest absolute Gasteiger partial charge is 0.265 e. The van der Waals surface area contributed by atoms with E-state index in [4.69, 9.17) is 11.6 Å². The molecule has 0 aliphatic carbocycles. The summed E-state index contributed by atoms with van der Waals surface area (Å²) in [5, 5.41) is 9.97. The van der Waals surface area contributed by atoms with Crippen molar-refractivity contribution >= 4 is 23.3 Å². The number of carbonyl (C=O) groups excluding carboxylic acids is 2. The molecule has 0 radical (unpaired) electrons. The fourth-order valence-corrected chi connectivity index (χ4v) is 2.75. The molecule has 28 heavy (non-hydrogen) atoms. The lowest BCUT2D eigenvalue weighted by Crippen LogP contribution is -2.40. The Morgan fingerprint density at radius 1 is 0.929 bits per heavy atom. The van der Waals surface area contributed by atoms with E-state index in [1.165, 1.54) is 24.5 Å². The van der Waals surface area contributed by atoms with E-state index in [1.54, 1.807) is 48.5 Å². The number of aromatic nitrogens is 1. The van der Waals surface area contributed by atoms with Gasteiger partial charge in [-0.3, -0.25) is 20.0 Å². The summed E-state index contributed by atoms with van der Waals surface area (Å²) in [5.74, 6) is -0.377. The number of phenols is 1. The van der Waals surface area contributed by atoms with Gasteiger partial charge in [0.1, 0.15) is 5.75 Å². The van der Waals surface area contributed by atoms with Crippen LogP contribution in [-0.4, -0.2) is 21.8 Å². The van der Waals surface area contributed by atoms with Gasteiger partial charge in [-0.15, -0.1) is 0 Å². The van der Waals surface area contributed by atoms with Crippen molar-refractivity contribution in [3.05, 3.63) is 94.8 Å². The van der Waals surface area contributed by atoms with Crippen molar-refractivity contribution in [1.29, 1.82) is 0 Å². The zero-order valence-electron chi connectivity index (χ0n) is 14.8. The first-order valence-corrected chi connectivity index (χ1v) is 8.94. The Balaban J connectivity index is 1.75. The zero-order chi connectivity index (χ0) is 19.9. The molecule has 7 heteroatoms. The van der Waals surface area contributed by atoms with Gasteiger partial charge in [0.05, 0.1) is 6.04 Å². The van der Waals surface area contributed by atoms with Crippen LogP contribution in [0.2, 0.25) is 5.02 Å². The minimum atomic E-state index is -0.468. The van der Waals surface area contributed by atoms with Crippen molar-refractivity contribution < 1.29 is 14.7 Å². The largest absolute Gasteiger partial charge is 0.508 e. The lowest BCUT2D eigenvalue weighted by atomic mass is 9.98. The Bertz CT molecular complexity index is 945. The summed E-state index contributed by atoms with van der Waals surface area (Å²) in [6.45, 7) is 0. The van der Waals surface area contributed by atoms with E-state index in [0.717, 1.165) is 5.56 Å². The lowest BCUT2D eigenvalue weighted by molar-refractivity contribution is 0.0900. The van der Waals surface area contributed by atoms with Crippen LogP contribution in [0.3, 0.4) is 0 Å². The first kappa shape index (κ1) is 19.5. The van der Waals surface area contributed by atoms with Crippen molar-refractivity contribution in [2.24, 2.45) is 0 Å². The Labute approximate surface area is 167 Å². The fraction of sp³-hybridized carbons (Fsp3) is 0.0952. The van der Waals surface area contributed by atoms with E-state index in [2.05, 4.69) is 15.8 Å². The number of carbonyl (C=O) groups is 2. The van der Waals surface area contributed by atoms with Gasteiger partial charge in [0.15, 0.2) is 5.78 Å². The quantitative estimate of drug-likeness (QED) is 0.419. The molecule has 6 nitrogen and oxygen atoms in total. The number of hydrazine groups is 1. The molecule has 142 valence electrons. The highest BCUT2D eigenvalue weighted by molar-refractivity contribution is 6.30. The number of rotatable bonds is 7. The number of halogens is 1. The summed E-state index contributed by atoms with van der Waals surface area (Å²) in [7, 11) is 0. The molecule has 1 amide bonds. The maximum absolute atomic E-state index is 12.7. The summed E-state index contributed by atoms with van der Waals surface area (Å²) in [5.41, 5.74) is 7.28. The number of hydrogen-bond donors (Lipinski definition) is 3. The number of nitrogens with zero attached hydrogens (tertiary/aromatic N) is 1. The zero-order valence-corrected chi connectivity index (χ0v) is 15.6. The Morgan fingerprint density at radius 2 is 1.57 bits per heavy atom. The first-order chi connectivity index (χ1) is 13.5. The number of benzene rings is 2. The normalized spacial score (nSPS) is 11.6. The van der Waals surface area contributed by atoms with Gasteiger partial charge in [-0.1, -0.05) is 23.7 Å². The van der Waals surface area contributed by atoms with E-state index in [-0.39, 0.29) is 23.9 Å². The fourth-order valence-electron chi connectivity index (χ4n) is 2.63. The Kier molecular flexibility index (Phi) is 6.37. The molecule has 0 saturated heterocycles. The van der Waals surface area contributed by atoms with Gasteiger partial charge in [-0.05, 0) is 54.1 Å². The number of pyridine rings is 1. The van der Waals surface area contributed by atoms with Crippen molar-refractivity contribution in [3.8, 4) is 5.75 Å². The molecule has 0 spiro atoms. The predicted molar refractivity (Wildman–Crippen MR) is 106 cm³/mol. The van der Waals surface area contributed by atoms with Gasteiger partial charge < -0.3 is 5.11 Å². The van der Waals surface area contributed by atoms with Crippen LogP contribution in [0.4, 0.5) is 0 Å². The standard InChI is InChI=1S/C21H18ClN3O3/c22-17-5-1-14(2-6-17)19(13-20(27)15-3-7-18(26)8-4-15)24-25-21(28)16-9-11-23-12-10-16/h1-12,19,24,26H,13H2,(H,25,28). The van der Waals surface area contributed by atoms with Crippen molar-refractivity contribution in [3.63, 3.8) is 0 Å². The van der Waals surface area contributed by atoms with Crippen LogP contribution < -0.4 is 10.9 Å². The van der Waals surface area contributed by atoms with Crippen LogP contribution in [0.15, 0.2) is 73.1 Å². The van der Waals surface area contributed by atoms with Crippen molar-refractivity contribution in [2.45, 2.75) is 12.5 Å². The summed E-state index contributed by atoms with van der Waals surface area (Å²) in [6.07, 6.45) is 3.16. The van der Waals surface area contributed by atoms with E-state index in [9.17, 15) is 14.7 Å². The summed E-state index contributed by atoms with van der Waals surface area (Å²) < 4.78 is 0. The van der Waals surface area contributed by atoms with Gasteiger partial charge in [0.25, 0.3) is 5.91 Å². The number of Topliss-reactive ketones (excluding diaryl/α,β-unsaturated/α-hetero) is 1. The summed E-state index contributed by atoms with van der Waals surface area (Å²) in [6, 6.07) is 15.8. The van der Waals surface area contributed by atoms with Gasteiger partial charge >= 0.3 is 0 Å². The molecule has 0 saturated carbocycles. The van der Waals surface area contributed by atoms with Crippen LogP contribution in [0.1, 0.15) is 38.7 Å². The number of nitrogens with one attached hydrogen (secondary N) is 2. The van der Waals surface area contributed by atoms with Gasteiger partial charge in [0, 0.05) is 35.0 Å². The predicted octanol–water partition coefficient (Wildman–Crippen LogP) is 3.69. The third kappa shape index (κ3) is 5.16. The second kappa shape index (κ2) is 9.12. The molecule has 3 rings (SSSR count). The molecule has 3 aromatic rings. The molecule has 1 heterocycles. The minimum absolute atomic E-state index is 0.0912. The lowest BCUT2D eigenvalue weighted by Gasteiger charge is -2.19. The van der Waals surface area contributed by atoms with Crippen LogP contribution in [-0.2, 0) is 0 Å². The maximum atomic E-state index is 12.7. The third-order valence-corrected chi connectivity index (χ3v) is 4.41. The molecule has 0 aliphatic heterocycles. The maximum Gasteiger partial charge on any atom is 0.265 e. The first-order valence-electron chi connectivity index (χ1n) is 8.56. The SMILES string of the molecule is O=C(CC(NNC(=O)c1ccncc1)c1ccc(Cl)cc1)c1ccc(O)cc1. The molecule has 1 unspecified atom stereocenters. The minimum Gasteiger partial charge on any atom is -0.508 e. The van der Waals surface area contributed by atoms with Crippen LogP contribution in [0.5, 0.6) is 5.75 Å². The molecule has 0 aliphatic rings. The van der Waals surface area contributed by atoms with Crippen molar-refractivity contribution in [1.82, 2.24) is 15.8 Å². The average molecular weight is 396 g/mol. The highest BCUT2D eigenvalue weighted by Gasteiger charge is 2.18. The monoisotopic (exact) mass is 395 g/mol. The van der Waals surface area contributed by atoms with E-state index in [1.807, 2.05) is 0 Å². The molecule has 0 bridgehead atoms. The second-order valence-electron chi connectivity index (χ2n) is 6.11. The number of amides is 1. The van der Waals surface area contributed by atoms with Gasteiger partial charge in [-0.2, -0.15) is 0 Å². The average Bonchev–Trinajstić information content (AvgIpc) is 2.72. The molecule has 3 N–H and O–H groups in total. The Morgan fingerprint density at radius 3 is 2.21 bits per heavy atom. The van der Waals surface area contributed by atoms with E-state index >= 15 is 0 Å². The topological polar surface area (TPSA) is 91.3 Å². The van der Waals surface area contributed by atoms with Crippen molar-refractivity contribution in [2.75, 3.05) is 0 Å². The second-order valence-corrected chi connectivity index (χ2v) is 6.55. The summed E-state index contributed by atoms with van der Waals surface area (Å²) in [4.78, 5) is 28.8. The molecule has 0 fully saturated rings. The number of ketones is 1. The van der Waals surface area contributed by atoms with Crippen LogP contribution in [0, 0.1) is 0 Å². The number of aromatic hydroxyl groups is 1. The van der Waals surface area contributed by atoms with Gasteiger partial charge in [0.2, 0.25) is 0 Å². The Hall–Kier alpha value is -3.22. The molecule has 2 aromatic carbocycles. The third-order valence-electron chi connectivity index (χ3n) is 4.15. The highest BCUT2D eigenvalue weighted by Crippen LogP contribution is 2.22. The highest BCUT2D eigenvalue weighted by atomic mass is 35.5. The van der Waals surface area contributed by atoms with E-state index in [0.29, 0.717) is 16.1 Å². The molecule has 1 atom stereocenters. The number of hydrogen-bond acceptors (Lipinski definition) is 5. The van der Waals surface area contributed by atoms with E-state index < -0.39 is 6.04 Å². The molecular weight excluding hydrogens is 378 g/mol. The van der Waals surface area contributed by atoms with Gasteiger partial charge in [-0.25, -0.2) is 5.43 Å². The van der Waals surface area contributed by atoms with Crippen LogP contribution in [0.25, 0.3) is 0 Å². The van der Waals surface area contributed by atoms with Crippen LogP contribution >= 0.6 is 11.6 Å². The molecule has 1 aromatic heterocycles. The molecular formula is C21H18ClN3O3.